The van der Waals surface area contributed by atoms with E-state index in [4.69, 9.17) is 4.52 Å². The van der Waals surface area contributed by atoms with E-state index in [1.54, 1.807) is 18.3 Å². The van der Waals surface area contributed by atoms with Gasteiger partial charge in [-0.2, -0.15) is 0 Å². The molecule has 0 saturated heterocycles. The van der Waals surface area contributed by atoms with E-state index in [1.807, 2.05) is 20.8 Å². The van der Waals surface area contributed by atoms with Gasteiger partial charge in [-0.25, -0.2) is 9.50 Å². The molecule has 3 aromatic rings. The van der Waals surface area contributed by atoms with E-state index >= 15 is 0 Å². The third-order valence-corrected chi connectivity index (χ3v) is 3.99. The number of nitrogens with one attached hydrogen (secondary N) is 2. The van der Waals surface area contributed by atoms with Crippen LogP contribution in [0.2, 0.25) is 0 Å². The highest BCUT2D eigenvalue weighted by atomic mass is 16.5. The Morgan fingerprint density at radius 2 is 2.20 bits per heavy atom. The number of fused-ring (bicyclic) bond motifs is 1. The Balaban J connectivity index is 1.78. The fraction of sp³-hybridized carbons (Fsp3) is 0.412. The predicted octanol–water partition coefficient (Wildman–Crippen LogP) is 1.77. The minimum atomic E-state index is -0.338. The van der Waals surface area contributed by atoms with Gasteiger partial charge in [-0.1, -0.05) is 19.0 Å². The van der Waals surface area contributed by atoms with Gasteiger partial charge in [0.1, 0.15) is 5.76 Å². The quantitative estimate of drug-likeness (QED) is 0.709. The summed E-state index contributed by atoms with van der Waals surface area (Å²) in [5, 5.41) is 9.53. The van der Waals surface area contributed by atoms with Crippen LogP contribution in [0.4, 0.5) is 0 Å². The first-order valence-corrected chi connectivity index (χ1v) is 8.22. The molecule has 1 amide bonds. The van der Waals surface area contributed by atoms with Crippen molar-refractivity contribution in [1.29, 1.82) is 0 Å². The Labute approximate surface area is 144 Å². The third-order valence-electron chi connectivity index (χ3n) is 3.99. The number of hydrogen-bond donors (Lipinski definition) is 2. The summed E-state index contributed by atoms with van der Waals surface area (Å²) in [7, 11) is 0. The maximum Gasteiger partial charge on any atom is 0.272 e. The smallest absolute Gasteiger partial charge is 0.272 e. The summed E-state index contributed by atoms with van der Waals surface area (Å²) < 4.78 is 6.39. The van der Waals surface area contributed by atoms with Crippen LogP contribution in [0, 0.1) is 12.8 Å². The normalized spacial score (nSPS) is 12.6. The van der Waals surface area contributed by atoms with Gasteiger partial charge in [0.05, 0.1) is 17.9 Å². The molecule has 132 valence electrons. The molecule has 0 aliphatic rings. The molecular formula is C17H21N5O3. The first kappa shape index (κ1) is 16.9. The zero-order chi connectivity index (χ0) is 18.0. The van der Waals surface area contributed by atoms with Crippen LogP contribution in [0.25, 0.3) is 5.65 Å². The first-order chi connectivity index (χ1) is 11.9. The molecule has 8 nitrogen and oxygen atoms in total. The summed E-state index contributed by atoms with van der Waals surface area (Å²) in [6.07, 6.45) is 2.31. The minimum Gasteiger partial charge on any atom is -0.361 e. The number of aromatic nitrogens is 4. The molecule has 0 unspecified atom stereocenters. The Morgan fingerprint density at radius 3 is 2.88 bits per heavy atom. The van der Waals surface area contributed by atoms with Crippen LogP contribution in [0.3, 0.4) is 0 Å². The van der Waals surface area contributed by atoms with E-state index in [0.29, 0.717) is 23.5 Å². The van der Waals surface area contributed by atoms with Crippen molar-refractivity contribution in [3.63, 3.8) is 0 Å². The van der Waals surface area contributed by atoms with Gasteiger partial charge in [-0.15, -0.1) is 0 Å². The highest BCUT2D eigenvalue weighted by molar-refractivity contribution is 5.76. The highest BCUT2D eigenvalue weighted by Crippen LogP contribution is 2.20. The standard InChI is InChI=1S/C17H21N5O3/c1-10(2)17(20-15(23)5-4-12-6-7-18-25-12)13-9-16(24)22-14(19-13)8-11(3)21-22/h6-10,17,21H,4-5H2,1-3H3,(H,20,23)/t17-/m0/s1. The van der Waals surface area contributed by atoms with Gasteiger partial charge in [0.15, 0.2) is 5.65 Å². The van der Waals surface area contributed by atoms with Crippen LogP contribution >= 0.6 is 0 Å². The lowest BCUT2D eigenvalue weighted by Gasteiger charge is -2.21. The third kappa shape index (κ3) is 3.78. The zero-order valence-corrected chi connectivity index (χ0v) is 14.4. The lowest BCUT2D eigenvalue weighted by Crippen LogP contribution is -2.33. The van der Waals surface area contributed by atoms with E-state index in [-0.39, 0.29) is 29.8 Å². The molecule has 0 bridgehead atoms. The van der Waals surface area contributed by atoms with Crippen molar-refractivity contribution >= 4 is 11.6 Å². The number of carbonyl (C=O) groups is 1. The molecule has 0 aliphatic heterocycles. The molecule has 3 rings (SSSR count). The fourth-order valence-electron chi connectivity index (χ4n) is 2.72. The molecule has 3 aromatic heterocycles. The second kappa shape index (κ2) is 6.92. The molecule has 1 atom stereocenters. The van der Waals surface area contributed by atoms with E-state index in [9.17, 15) is 9.59 Å². The summed E-state index contributed by atoms with van der Waals surface area (Å²) in [5.41, 5.74) is 1.75. The molecule has 0 radical (unpaired) electrons. The largest absolute Gasteiger partial charge is 0.361 e. The van der Waals surface area contributed by atoms with Crippen LogP contribution in [-0.4, -0.2) is 25.7 Å². The van der Waals surface area contributed by atoms with Gasteiger partial charge >= 0.3 is 0 Å². The van der Waals surface area contributed by atoms with Crippen molar-refractivity contribution in [1.82, 2.24) is 25.1 Å². The maximum atomic E-state index is 12.3. The summed E-state index contributed by atoms with van der Waals surface area (Å²) in [6, 6.07) is 4.66. The van der Waals surface area contributed by atoms with Gasteiger partial charge in [-0.05, 0) is 12.8 Å². The van der Waals surface area contributed by atoms with Gasteiger partial charge in [0, 0.05) is 36.7 Å². The molecule has 8 heteroatoms. The van der Waals surface area contributed by atoms with Gasteiger partial charge < -0.3 is 9.84 Å². The van der Waals surface area contributed by atoms with Crippen LogP contribution in [0.1, 0.15) is 43.5 Å². The first-order valence-electron chi connectivity index (χ1n) is 8.22. The topological polar surface area (TPSA) is 105 Å². The molecule has 0 fully saturated rings. The summed E-state index contributed by atoms with van der Waals surface area (Å²) in [4.78, 5) is 29.1. The molecule has 25 heavy (non-hydrogen) atoms. The number of amides is 1. The Bertz CT molecular complexity index is 924. The van der Waals surface area contributed by atoms with Gasteiger partial charge in [0.25, 0.3) is 5.56 Å². The average Bonchev–Trinajstić information content (AvgIpc) is 3.19. The number of hydrogen-bond acceptors (Lipinski definition) is 5. The monoisotopic (exact) mass is 343 g/mol. The average molecular weight is 343 g/mol. The SMILES string of the molecule is Cc1cc2nc([C@@H](NC(=O)CCc3ccno3)C(C)C)cc(=O)n2[nH]1. The summed E-state index contributed by atoms with van der Waals surface area (Å²) in [6.45, 7) is 5.82. The van der Waals surface area contributed by atoms with Crippen LogP contribution < -0.4 is 10.9 Å². The van der Waals surface area contributed by atoms with Crippen LogP contribution in [0.15, 0.2) is 33.7 Å². The van der Waals surface area contributed by atoms with Crippen molar-refractivity contribution in [3.05, 3.63) is 51.9 Å². The fourth-order valence-corrected chi connectivity index (χ4v) is 2.72. The Morgan fingerprint density at radius 1 is 1.40 bits per heavy atom. The van der Waals surface area contributed by atoms with E-state index in [0.717, 1.165) is 5.69 Å². The van der Waals surface area contributed by atoms with Crippen LogP contribution in [-0.2, 0) is 11.2 Å². The Hall–Kier alpha value is -2.90. The predicted molar refractivity (Wildman–Crippen MR) is 91.1 cm³/mol. The zero-order valence-electron chi connectivity index (χ0n) is 14.4. The van der Waals surface area contributed by atoms with Crippen molar-refractivity contribution in [2.75, 3.05) is 0 Å². The van der Waals surface area contributed by atoms with Crippen molar-refractivity contribution in [2.24, 2.45) is 5.92 Å². The molecular weight excluding hydrogens is 322 g/mol. The second-order valence-electron chi connectivity index (χ2n) is 6.42. The molecule has 0 aliphatic carbocycles. The van der Waals surface area contributed by atoms with Crippen molar-refractivity contribution in [2.45, 2.75) is 39.7 Å². The molecule has 3 heterocycles. The van der Waals surface area contributed by atoms with Crippen LogP contribution in [0.5, 0.6) is 0 Å². The number of rotatable bonds is 6. The Kier molecular flexibility index (Phi) is 4.69. The lowest BCUT2D eigenvalue weighted by atomic mass is 10.00. The molecule has 0 aromatic carbocycles. The summed E-state index contributed by atoms with van der Waals surface area (Å²) in [5.74, 6) is 0.628. The number of aryl methyl sites for hydroxylation is 2. The second-order valence-corrected chi connectivity index (χ2v) is 6.42. The van der Waals surface area contributed by atoms with E-state index < -0.39 is 0 Å². The molecule has 0 spiro atoms. The van der Waals surface area contributed by atoms with Crippen molar-refractivity contribution < 1.29 is 9.32 Å². The maximum absolute atomic E-state index is 12.3. The number of carbonyl (C=O) groups excluding carboxylic acids is 1. The van der Waals surface area contributed by atoms with E-state index in [2.05, 4.69) is 20.6 Å². The molecule has 2 N–H and O–H groups in total. The highest BCUT2D eigenvalue weighted by Gasteiger charge is 2.21. The van der Waals surface area contributed by atoms with Crippen molar-refractivity contribution in [3.8, 4) is 0 Å². The van der Waals surface area contributed by atoms with Gasteiger partial charge in [-0.3, -0.25) is 14.7 Å². The van der Waals surface area contributed by atoms with E-state index in [1.165, 1.54) is 10.6 Å². The lowest BCUT2D eigenvalue weighted by molar-refractivity contribution is -0.122. The van der Waals surface area contributed by atoms with Gasteiger partial charge in [0.2, 0.25) is 5.91 Å². The molecule has 0 saturated carbocycles. The number of aromatic amines is 1. The summed E-state index contributed by atoms with van der Waals surface area (Å²) >= 11 is 0. The minimum absolute atomic E-state index is 0.0867. The number of nitrogens with zero attached hydrogens (tertiary/aromatic N) is 3. The number of H-pyrrole nitrogens is 1.